The van der Waals surface area contributed by atoms with E-state index in [9.17, 15) is 4.79 Å². The topological polar surface area (TPSA) is 98.7 Å². The highest BCUT2D eigenvalue weighted by Crippen LogP contribution is 2.00. The number of amides is 1. The Labute approximate surface area is 110 Å². The molecule has 0 aliphatic rings. The molecule has 7 heteroatoms. The third-order valence-corrected chi connectivity index (χ3v) is 2.74. The van der Waals surface area contributed by atoms with Gasteiger partial charge < -0.3 is 15.6 Å². The van der Waals surface area contributed by atoms with Crippen LogP contribution in [0.25, 0.3) is 0 Å². The van der Waals surface area contributed by atoms with Crippen molar-refractivity contribution in [3.63, 3.8) is 0 Å². The summed E-state index contributed by atoms with van der Waals surface area (Å²) in [7, 11) is 0. The fourth-order valence-corrected chi connectivity index (χ4v) is 1.61. The van der Waals surface area contributed by atoms with Gasteiger partial charge in [0.25, 0.3) is 5.91 Å². The first-order valence-electron chi connectivity index (χ1n) is 6.04. The molecule has 3 N–H and O–H groups in total. The van der Waals surface area contributed by atoms with Gasteiger partial charge in [-0.1, -0.05) is 6.07 Å². The minimum atomic E-state index is -0.241. The van der Waals surface area contributed by atoms with E-state index in [1.54, 1.807) is 24.7 Å². The van der Waals surface area contributed by atoms with Crippen molar-refractivity contribution in [3.05, 3.63) is 41.7 Å². The van der Waals surface area contributed by atoms with Crippen LogP contribution in [0.5, 0.6) is 0 Å². The van der Waals surface area contributed by atoms with Crippen LogP contribution in [0.15, 0.2) is 24.7 Å². The van der Waals surface area contributed by atoms with Crippen molar-refractivity contribution in [3.8, 4) is 0 Å². The molecule has 0 bridgehead atoms. The summed E-state index contributed by atoms with van der Waals surface area (Å²) in [4.78, 5) is 15.9. The van der Waals surface area contributed by atoms with Crippen LogP contribution in [0.3, 0.4) is 0 Å². The van der Waals surface area contributed by atoms with Crippen molar-refractivity contribution in [1.29, 1.82) is 0 Å². The van der Waals surface area contributed by atoms with Gasteiger partial charge >= 0.3 is 0 Å². The number of carbonyl (C=O) groups excluding carboxylic acids is 1. The van der Waals surface area contributed by atoms with Gasteiger partial charge in [-0.05, 0) is 18.6 Å². The normalized spacial score (nSPS) is 10.4. The van der Waals surface area contributed by atoms with Gasteiger partial charge in [0.15, 0.2) is 5.82 Å². The van der Waals surface area contributed by atoms with Crippen LogP contribution in [0, 0.1) is 0 Å². The highest BCUT2D eigenvalue weighted by Gasteiger charge is 2.09. The molecule has 0 aliphatic heterocycles. The van der Waals surface area contributed by atoms with Crippen LogP contribution in [-0.2, 0) is 19.6 Å². The Morgan fingerprint density at radius 3 is 2.95 bits per heavy atom. The first-order valence-corrected chi connectivity index (χ1v) is 6.04. The summed E-state index contributed by atoms with van der Waals surface area (Å²) in [6.45, 7) is 3.49. The Hall–Kier alpha value is -2.28. The molecule has 2 aromatic heterocycles. The standard InChI is InChI=1S/C12H16N6O/c1-2-18-8-16-17-11(18)7-15-12(19)10-4-3-9(5-13)6-14-10/h3-4,6,8H,2,5,7,13H2,1H3,(H,15,19). The predicted molar refractivity (Wildman–Crippen MR) is 69.0 cm³/mol. The zero-order chi connectivity index (χ0) is 13.7. The van der Waals surface area contributed by atoms with E-state index in [0.717, 1.165) is 17.9 Å². The van der Waals surface area contributed by atoms with Crippen molar-refractivity contribution >= 4 is 5.91 Å². The fraction of sp³-hybridized carbons (Fsp3) is 0.333. The lowest BCUT2D eigenvalue weighted by Crippen LogP contribution is -2.25. The SMILES string of the molecule is CCn1cnnc1CNC(=O)c1ccc(CN)cn1. The lowest BCUT2D eigenvalue weighted by Gasteiger charge is -2.05. The first-order chi connectivity index (χ1) is 9.24. The number of pyridine rings is 1. The molecule has 2 heterocycles. The Morgan fingerprint density at radius 2 is 2.32 bits per heavy atom. The van der Waals surface area contributed by atoms with Crippen molar-refractivity contribution in [2.75, 3.05) is 0 Å². The van der Waals surface area contributed by atoms with Crippen LogP contribution in [-0.4, -0.2) is 25.7 Å². The maximum Gasteiger partial charge on any atom is 0.270 e. The van der Waals surface area contributed by atoms with Crippen molar-refractivity contribution in [1.82, 2.24) is 25.1 Å². The van der Waals surface area contributed by atoms with Crippen LogP contribution >= 0.6 is 0 Å². The van der Waals surface area contributed by atoms with E-state index in [-0.39, 0.29) is 5.91 Å². The second kappa shape index (κ2) is 6.05. The molecule has 0 saturated carbocycles. The molecule has 7 nitrogen and oxygen atoms in total. The second-order valence-electron chi connectivity index (χ2n) is 3.97. The lowest BCUT2D eigenvalue weighted by molar-refractivity contribution is 0.0944. The third-order valence-electron chi connectivity index (χ3n) is 2.74. The fourth-order valence-electron chi connectivity index (χ4n) is 1.61. The van der Waals surface area contributed by atoms with E-state index >= 15 is 0 Å². The third kappa shape index (κ3) is 3.14. The largest absolute Gasteiger partial charge is 0.343 e. The average Bonchev–Trinajstić information content (AvgIpc) is 2.92. The van der Waals surface area contributed by atoms with Gasteiger partial charge in [-0.3, -0.25) is 9.78 Å². The molecule has 2 aromatic rings. The molecule has 0 spiro atoms. The molecule has 100 valence electrons. The summed E-state index contributed by atoms with van der Waals surface area (Å²) < 4.78 is 1.87. The Bertz CT molecular complexity index is 548. The molecule has 0 aliphatic carbocycles. The van der Waals surface area contributed by atoms with E-state index in [2.05, 4.69) is 20.5 Å². The molecular formula is C12H16N6O. The Kier molecular flexibility index (Phi) is 4.19. The molecule has 0 fully saturated rings. The summed E-state index contributed by atoms with van der Waals surface area (Å²) >= 11 is 0. The number of aromatic nitrogens is 4. The lowest BCUT2D eigenvalue weighted by atomic mass is 10.2. The number of hydrogen-bond donors (Lipinski definition) is 2. The maximum atomic E-state index is 11.9. The molecule has 2 rings (SSSR count). The van der Waals surface area contributed by atoms with Crippen LogP contribution < -0.4 is 11.1 Å². The van der Waals surface area contributed by atoms with Gasteiger partial charge in [-0.25, -0.2) is 0 Å². The second-order valence-corrected chi connectivity index (χ2v) is 3.97. The van der Waals surface area contributed by atoms with Crippen molar-refractivity contribution in [2.45, 2.75) is 26.6 Å². The summed E-state index contributed by atoms with van der Waals surface area (Å²) in [5.74, 6) is 0.476. The Balaban J connectivity index is 1.97. The minimum absolute atomic E-state index is 0.241. The van der Waals surface area contributed by atoms with Crippen molar-refractivity contribution in [2.24, 2.45) is 5.73 Å². The molecule has 0 aromatic carbocycles. The Morgan fingerprint density at radius 1 is 1.47 bits per heavy atom. The molecule has 19 heavy (non-hydrogen) atoms. The van der Waals surface area contributed by atoms with Gasteiger partial charge in [0.1, 0.15) is 12.0 Å². The number of rotatable bonds is 5. The molecule has 0 atom stereocenters. The quantitative estimate of drug-likeness (QED) is 0.793. The monoisotopic (exact) mass is 260 g/mol. The van der Waals surface area contributed by atoms with Crippen LogP contribution in [0.2, 0.25) is 0 Å². The highest BCUT2D eigenvalue weighted by atomic mass is 16.1. The van der Waals surface area contributed by atoms with Crippen molar-refractivity contribution < 1.29 is 4.79 Å². The molecule has 0 saturated heterocycles. The smallest absolute Gasteiger partial charge is 0.270 e. The predicted octanol–water partition coefficient (Wildman–Crippen LogP) is 0.0817. The number of nitrogens with zero attached hydrogens (tertiary/aromatic N) is 4. The molecule has 0 radical (unpaired) electrons. The molecule has 0 unspecified atom stereocenters. The van der Waals surface area contributed by atoms with Gasteiger partial charge in [0.05, 0.1) is 6.54 Å². The molecule has 1 amide bonds. The van der Waals surface area contributed by atoms with Crippen LogP contribution in [0.4, 0.5) is 0 Å². The van der Waals surface area contributed by atoms with Gasteiger partial charge in [-0.2, -0.15) is 0 Å². The number of nitrogens with one attached hydrogen (secondary N) is 1. The van der Waals surface area contributed by atoms with Gasteiger partial charge in [0.2, 0.25) is 0 Å². The summed E-state index contributed by atoms with van der Waals surface area (Å²) in [5.41, 5.74) is 6.72. The highest BCUT2D eigenvalue weighted by molar-refractivity contribution is 5.92. The summed E-state index contributed by atoms with van der Waals surface area (Å²) in [6.07, 6.45) is 3.24. The number of nitrogens with two attached hydrogens (primary N) is 1. The zero-order valence-corrected chi connectivity index (χ0v) is 10.7. The zero-order valence-electron chi connectivity index (χ0n) is 10.7. The van der Waals surface area contributed by atoms with E-state index in [1.165, 1.54) is 0 Å². The number of hydrogen-bond acceptors (Lipinski definition) is 5. The average molecular weight is 260 g/mol. The number of carbonyl (C=O) groups is 1. The minimum Gasteiger partial charge on any atom is -0.343 e. The van der Waals surface area contributed by atoms with Gasteiger partial charge in [-0.15, -0.1) is 10.2 Å². The van der Waals surface area contributed by atoms with E-state index < -0.39 is 0 Å². The first kappa shape index (κ1) is 13.2. The molecular weight excluding hydrogens is 244 g/mol. The maximum absolute atomic E-state index is 11.9. The summed E-state index contributed by atoms with van der Waals surface area (Å²) in [5, 5.41) is 10.5. The van der Waals surface area contributed by atoms with Crippen LogP contribution in [0.1, 0.15) is 28.8 Å². The summed E-state index contributed by atoms with van der Waals surface area (Å²) in [6, 6.07) is 3.44. The van der Waals surface area contributed by atoms with Gasteiger partial charge in [0, 0.05) is 19.3 Å². The van der Waals surface area contributed by atoms with E-state index in [1.807, 2.05) is 11.5 Å². The van der Waals surface area contributed by atoms with E-state index in [0.29, 0.717) is 18.8 Å². The van der Waals surface area contributed by atoms with E-state index in [4.69, 9.17) is 5.73 Å². The number of aryl methyl sites for hydroxylation is 1.